The van der Waals surface area contributed by atoms with Crippen LogP contribution in [0.5, 0.6) is 0 Å². The largest absolute Gasteiger partial charge is 0.367 e. The third-order valence-corrected chi connectivity index (χ3v) is 4.60. The Morgan fingerprint density at radius 1 is 0.800 bits per heavy atom. The van der Waals surface area contributed by atoms with Crippen molar-refractivity contribution in [2.75, 3.05) is 5.52 Å². The molecule has 0 aromatic rings. The lowest BCUT2D eigenvalue weighted by Crippen LogP contribution is -2.27. The van der Waals surface area contributed by atoms with Crippen molar-refractivity contribution in [3.05, 3.63) is 0 Å². The standard InChI is InChI=1S/C13H23BrO/c14-10-15-13-8-6-12(7-9-13)11-4-2-1-3-5-11/h11-13H,1-10H2. The second-order valence-electron chi connectivity index (χ2n) is 5.21. The molecule has 2 aliphatic carbocycles. The van der Waals surface area contributed by atoms with Crippen LogP contribution in [0.4, 0.5) is 0 Å². The Bertz CT molecular complexity index is 169. The highest BCUT2D eigenvalue weighted by atomic mass is 79.9. The minimum Gasteiger partial charge on any atom is -0.367 e. The van der Waals surface area contributed by atoms with Crippen LogP contribution in [0.1, 0.15) is 57.8 Å². The number of hydrogen-bond acceptors (Lipinski definition) is 1. The lowest BCUT2D eigenvalue weighted by atomic mass is 9.73. The van der Waals surface area contributed by atoms with Crippen molar-refractivity contribution in [3.63, 3.8) is 0 Å². The van der Waals surface area contributed by atoms with Crippen molar-refractivity contribution in [3.8, 4) is 0 Å². The third kappa shape index (κ3) is 3.45. The van der Waals surface area contributed by atoms with E-state index in [1.165, 1.54) is 57.8 Å². The van der Waals surface area contributed by atoms with Crippen LogP contribution in [0.2, 0.25) is 0 Å². The summed E-state index contributed by atoms with van der Waals surface area (Å²) in [6.45, 7) is 0. The summed E-state index contributed by atoms with van der Waals surface area (Å²) in [7, 11) is 0. The molecule has 0 amide bonds. The SMILES string of the molecule is BrCOC1CCC(C2CCCCC2)CC1. The molecular formula is C13H23BrO. The van der Waals surface area contributed by atoms with Crippen LogP contribution < -0.4 is 0 Å². The quantitative estimate of drug-likeness (QED) is 0.689. The predicted octanol–water partition coefficient (Wildman–Crippen LogP) is 4.49. The van der Waals surface area contributed by atoms with Crippen molar-refractivity contribution in [1.82, 2.24) is 0 Å². The van der Waals surface area contributed by atoms with Gasteiger partial charge < -0.3 is 4.74 Å². The molecule has 88 valence electrons. The topological polar surface area (TPSA) is 9.23 Å². The first-order chi connectivity index (χ1) is 7.40. The molecule has 0 saturated heterocycles. The smallest absolute Gasteiger partial charge is 0.102 e. The molecule has 0 heterocycles. The van der Waals surface area contributed by atoms with Gasteiger partial charge in [0.15, 0.2) is 0 Å². The van der Waals surface area contributed by atoms with Crippen molar-refractivity contribution < 1.29 is 4.74 Å². The third-order valence-electron chi connectivity index (χ3n) is 4.33. The highest BCUT2D eigenvalue weighted by molar-refractivity contribution is 9.09. The molecule has 2 aliphatic rings. The molecule has 0 radical (unpaired) electrons. The maximum atomic E-state index is 5.64. The molecule has 0 spiro atoms. The number of rotatable bonds is 3. The lowest BCUT2D eigenvalue weighted by Gasteiger charge is -2.35. The molecule has 0 aromatic carbocycles. The van der Waals surface area contributed by atoms with Gasteiger partial charge in [0.25, 0.3) is 0 Å². The number of ether oxygens (including phenoxy) is 1. The monoisotopic (exact) mass is 274 g/mol. The van der Waals surface area contributed by atoms with E-state index in [0.717, 1.165) is 11.8 Å². The fourth-order valence-corrected chi connectivity index (χ4v) is 3.80. The average molecular weight is 275 g/mol. The van der Waals surface area contributed by atoms with E-state index in [0.29, 0.717) is 11.6 Å². The lowest BCUT2D eigenvalue weighted by molar-refractivity contribution is 0.0354. The Hall–Kier alpha value is 0.440. The van der Waals surface area contributed by atoms with Crippen molar-refractivity contribution in [2.24, 2.45) is 11.8 Å². The molecule has 0 atom stereocenters. The molecule has 0 aromatic heterocycles. The van der Waals surface area contributed by atoms with Crippen LogP contribution in [0.25, 0.3) is 0 Å². The van der Waals surface area contributed by atoms with Crippen LogP contribution in [-0.2, 0) is 4.74 Å². The van der Waals surface area contributed by atoms with Gasteiger partial charge in [-0.05, 0) is 37.5 Å². The minimum absolute atomic E-state index is 0.546. The first-order valence-corrected chi connectivity index (χ1v) is 7.70. The van der Waals surface area contributed by atoms with Gasteiger partial charge in [0.1, 0.15) is 5.52 Å². The van der Waals surface area contributed by atoms with E-state index in [4.69, 9.17) is 4.74 Å². The van der Waals surface area contributed by atoms with E-state index in [-0.39, 0.29) is 0 Å². The molecule has 0 bridgehead atoms. The summed E-state index contributed by atoms with van der Waals surface area (Å²) in [4.78, 5) is 0. The molecule has 2 saturated carbocycles. The summed E-state index contributed by atoms with van der Waals surface area (Å²) in [5.41, 5.74) is 0.714. The van der Waals surface area contributed by atoms with Crippen LogP contribution in [-0.4, -0.2) is 11.6 Å². The van der Waals surface area contributed by atoms with E-state index in [1.54, 1.807) is 0 Å². The summed E-state index contributed by atoms with van der Waals surface area (Å²) in [6, 6.07) is 0. The minimum atomic E-state index is 0.546. The molecule has 15 heavy (non-hydrogen) atoms. The van der Waals surface area contributed by atoms with Crippen molar-refractivity contribution in [1.29, 1.82) is 0 Å². The number of hydrogen-bond donors (Lipinski definition) is 0. The Labute approximate surface area is 102 Å². The highest BCUT2D eigenvalue weighted by Gasteiger charge is 2.28. The summed E-state index contributed by atoms with van der Waals surface area (Å²) in [6.07, 6.45) is 13.5. The van der Waals surface area contributed by atoms with Crippen LogP contribution in [0, 0.1) is 11.8 Å². The van der Waals surface area contributed by atoms with Crippen LogP contribution in [0.15, 0.2) is 0 Å². The van der Waals surface area contributed by atoms with Gasteiger partial charge in [-0.3, -0.25) is 0 Å². The van der Waals surface area contributed by atoms with Crippen molar-refractivity contribution in [2.45, 2.75) is 63.9 Å². The fourth-order valence-electron chi connectivity index (χ4n) is 3.42. The van der Waals surface area contributed by atoms with E-state index in [1.807, 2.05) is 0 Å². The summed E-state index contributed by atoms with van der Waals surface area (Å²) < 4.78 is 5.64. The van der Waals surface area contributed by atoms with Gasteiger partial charge in [-0.25, -0.2) is 0 Å². The Balaban J connectivity index is 1.72. The number of alkyl halides is 1. The Kier molecular flexibility index (Phi) is 4.96. The van der Waals surface area contributed by atoms with Gasteiger partial charge >= 0.3 is 0 Å². The highest BCUT2D eigenvalue weighted by Crippen LogP contribution is 2.38. The summed E-state index contributed by atoms with van der Waals surface area (Å²) in [5.74, 6) is 2.09. The van der Waals surface area contributed by atoms with E-state index in [2.05, 4.69) is 15.9 Å². The molecule has 0 N–H and O–H groups in total. The zero-order valence-electron chi connectivity index (χ0n) is 9.59. The van der Waals surface area contributed by atoms with Crippen molar-refractivity contribution >= 4 is 15.9 Å². The van der Waals surface area contributed by atoms with Gasteiger partial charge in [0, 0.05) is 0 Å². The first kappa shape index (κ1) is 11.9. The molecule has 0 aliphatic heterocycles. The van der Waals surface area contributed by atoms with Gasteiger partial charge in [0.05, 0.1) is 6.10 Å². The molecular weight excluding hydrogens is 252 g/mol. The van der Waals surface area contributed by atoms with E-state index < -0.39 is 0 Å². The first-order valence-electron chi connectivity index (χ1n) is 6.57. The fraction of sp³-hybridized carbons (Fsp3) is 1.00. The van der Waals surface area contributed by atoms with Gasteiger partial charge in [-0.2, -0.15) is 0 Å². The summed E-state index contributed by atoms with van der Waals surface area (Å²) in [5, 5.41) is 0. The maximum absolute atomic E-state index is 5.64. The van der Waals surface area contributed by atoms with Gasteiger partial charge in [-0.1, -0.05) is 48.0 Å². The van der Waals surface area contributed by atoms with E-state index >= 15 is 0 Å². The Morgan fingerprint density at radius 2 is 1.40 bits per heavy atom. The molecule has 2 fully saturated rings. The average Bonchev–Trinajstić information content (AvgIpc) is 2.32. The Morgan fingerprint density at radius 3 is 2.00 bits per heavy atom. The molecule has 1 nitrogen and oxygen atoms in total. The molecule has 0 unspecified atom stereocenters. The van der Waals surface area contributed by atoms with Gasteiger partial charge in [-0.15, -0.1) is 0 Å². The number of halogens is 1. The second kappa shape index (κ2) is 6.24. The predicted molar refractivity (Wildman–Crippen MR) is 67.2 cm³/mol. The normalized spacial score (nSPS) is 34.2. The maximum Gasteiger partial charge on any atom is 0.102 e. The summed E-state index contributed by atoms with van der Waals surface area (Å²) >= 11 is 3.35. The zero-order chi connectivity index (χ0) is 10.5. The van der Waals surface area contributed by atoms with Gasteiger partial charge in [0.2, 0.25) is 0 Å². The molecule has 2 rings (SSSR count). The second-order valence-corrected chi connectivity index (χ2v) is 5.67. The molecule has 2 heteroatoms. The van der Waals surface area contributed by atoms with E-state index in [9.17, 15) is 0 Å². The zero-order valence-corrected chi connectivity index (χ0v) is 11.2. The van der Waals surface area contributed by atoms with Crippen LogP contribution >= 0.6 is 15.9 Å². The van der Waals surface area contributed by atoms with Crippen LogP contribution in [0.3, 0.4) is 0 Å².